The maximum atomic E-state index is 12.8. The van der Waals surface area contributed by atoms with E-state index in [1.165, 1.54) is 0 Å². The summed E-state index contributed by atoms with van der Waals surface area (Å²) in [7, 11) is 0. The minimum Gasteiger partial charge on any atom is -0.389 e. The smallest absolute Gasteiger partial charge is 0.389 e. The third-order valence-corrected chi connectivity index (χ3v) is 5.88. The van der Waals surface area contributed by atoms with Gasteiger partial charge in [0.15, 0.2) is 0 Å². The van der Waals surface area contributed by atoms with Crippen molar-refractivity contribution in [3.8, 4) is 0 Å². The third-order valence-electron chi connectivity index (χ3n) is 5.88. The molecule has 2 bridgehead atoms. The van der Waals surface area contributed by atoms with Crippen molar-refractivity contribution in [3.63, 3.8) is 0 Å². The normalized spacial score (nSPS) is 48.8. The second-order valence-electron chi connectivity index (χ2n) is 6.74. The van der Waals surface area contributed by atoms with Crippen LogP contribution < -0.4 is 5.73 Å². The molecule has 2 aliphatic heterocycles. The van der Waals surface area contributed by atoms with Crippen molar-refractivity contribution in [1.29, 1.82) is 0 Å². The van der Waals surface area contributed by atoms with E-state index in [-0.39, 0.29) is 37.9 Å². The van der Waals surface area contributed by atoms with Gasteiger partial charge in [0, 0.05) is 12.0 Å². The molecule has 2 saturated heterocycles. The van der Waals surface area contributed by atoms with Crippen LogP contribution >= 0.6 is 0 Å². The molecule has 0 amide bonds. The highest BCUT2D eigenvalue weighted by Crippen LogP contribution is 2.58. The fourth-order valence-corrected chi connectivity index (χ4v) is 4.62. The van der Waals surface area contributed by atoms with Crippen LogP contribution in [0.15, 0.2) is 0 Å². The van der Waals surface area contributed by atoms with E-state index < -0.39 is 23.1 Å². The molecule has 0 aromatic carbocycles. The number of fused-ring (bicyclic) bond motifs is 2. The number of nitrogens with two attached hydrogens (primary N) is 1. The van der Waals surface area contributed by atoms with E-state index in [0.717, 1.165) is 12.8 Å². The highest BCUT2D eigenvalue weighted by atomic mass is 19.4. The fraction of sp³-hybridized carbons (Fsp3) is 1.00. The van der Waals surface area contributed by atoms with Crippen molar-refractivity contribution < 1.29 is 23.0 Å². The van der Waals surface area contributed by atoms with Gasteiger partial charge in [-0.15, -0.1) is 0 Å². The lowest BCUT2D eigenvalue weighted by Gasteiger charge is -2.51. The molecule has 3 atom stereocenters. The molecule has 20 heavy (non-hydrogen) atoms. The Morgan fingerprint density at radius 2 is 1.80 bits per heavy atom. The van der Waals surface area contributed by atoms with Gasteiger partial charge in [-0.25, -0.2) is 0 Å². The molecule has 0 radical (unpaired) electrons. The van der Waals surface area contributed by atoms with Gasteiger partial charge in [0.2, 0.25) is 0 Å². The molecule has 3 N–H and O–H groups in total. The van der Waals surface area contributed by atoms with Gasteiger partial charge in [0.1, 0.15) is 0 Å². The molecule has 3 aliphatic rings. The van der Waals surface area contributed by atoms with Crippen LogP contribution in [-0.4, -0.2) is 35.6 Å². The second-order valence-corrected chi connectivity index (χ2v) is 6.74. The first-order valence-electron chi connectivity index (χ1n) is 7.45. The van der Waals surface area contributed by atoms with Gasteiger partial charge in [0.05, 0.1) is 23.7 Å². The summed E-state index contributed by atoms with van der Waals surface area (Å²) < 4.78 is 44.1. The number of alkyl halides is 3. The highest BCUT2D eigenvalue weighted by Gasteiger charge is 2.63. The Kier molecular flexibility index (Phi) is 3.34. The number of halogens is 3. The molecule has 2 heterocycles. The van der Waals surface area contributed by atoms with E-state index in [4.69, 9.17) is 10.5 Å². The summed E-state index contributed by atoms with van der Waals surface area (Å²) in [5, 5.41) is 11.0. The van der Waals surface area contributed by atoms with Crippen LogP contribution in [0.5, 0.6) is 0 Å². The van der Waals surface area contributed by atoms with Crippen LogP contribution in [0, 0.1) is 11.3 Å². The summed E-state index contributed by atoms with van der Waals surface area (Å²) in [5.41, 5.74) is 4.30. The van der Waals surface area contributed by atoms with Crippen molar-refractivity contribution in [2.75, 3.05) is 6.54 Å². The summed E-state index contributed by atoms with van der Waals surface area (Å²) >= 11 is 0. The van der Waals surface area contributed by atoms with Crippen LogP contribution in [0.1, 0.15) is 44.9 Å². The summed E-state index contributed by atoms with van der Waals surface area (Å²) in [6, 6.07) is 0. The first-order valence-corrected chi connectivity index (χ1v) is 7.45. The molecule has 1 aliphatic carbocycles. The van der Waals surface area contributed by atoms with E-state index in [1.54, 1.807) is 0 Å². The Balaban J connectivity index is 1.77. The molecule has 3 unspecified atom stereocenters. The zero-order chi connectivity index (χ0) is 14.6. The van der Waals surface area contributed by atoms with E-state index in [1.807, 2.05) is 0 Å². The zero-order valence-corrected chi connectivity index (χ0v) is 11.5. The Morgan fingerprint density at radius 3 is 2.20 bits per heavy atom. The molecule has 0 aromatic heterocycles. The maximum absolute atomic E-state index is 12.8. The maximum Gasteiger partial charge on any atom is 0.391 e. The first kappa shape index (κ1) is 14.6. The van der Waals surface area contributed by atoms with E-state index >= 15 is 0 Å². The Hall–Kier alpha value is -0.330. The molecule has 3 nitrogen and oxygen atoms in total. The topological polar surface area (TPSA) is 55.5 Å². The van der Waals surface area contributed by atoms with E-state index in [2.05, 4.69) is 0 Å². The van der Waals surface area contributed by atoms with Crippen LogP contribution in [-0.2, 0) is 4.74 Å². The lowest BCUT2D eigenvalue weighted by molar-refractivity contribution is -0.207. The average Bonchev–Trinajstić information content (AvgIpc) is 2.98. The van der Waals surface area contributed by atoms with Crippen LogP contribution in [0.2, 0.25) is 0 Å². The van der Waals surface area contributed by atoms with Crippen molar-refractivity contribution in [2.45, 2.75) is 68.9 Å². The quantitative estimate of drug-likeness (QED) is 0.822. The number of aliphatic hydroxyl groups is 1. The monoisotopic (exact) mass is 293 g/mol. The number of ether oxygens (including phenoxy) is 1. The zero-order valence-electron chi connectivity index (χ0n) is 11.5. The van der Waals surface area contributed by atoms with Crippen LogP contribution in [0.4, 0.5) is 13.2 Å². The predicted molar refractivity (Wildman–Crippen MR) is 67.0 cm³/mol. The van der Waals surface area contributed by atoms with Gasteiger partial charge in [-0.3, -0.25) is 0 Å². The van der Waals surface area contributed by atoms with Crippen molar-refractivity contribution in [1.82, 2.24) is 0 Å². The Bertz CT molecular complexity index is 379. The van der Waals surface area contributed by atoms with Gasteiger partial charge < -0.3 is 15.6 Å². The molecule has 0 aromatic rings. The summed E-state index contributed by atoms with van der Waals surface area (Å²) in [6.07, 6.45) is -1.19. The molecule has 3 fully saturated rings. The number of hydrogen-bond acceptors (Lipinski definition) is 3. The summed E-state index contributed by atoms with van der Waals surface area (Å²) in [6.45, 7) is 0.293. The van der Waals surface area contributed by atoms with E-state index in [0.29, 0.717) is 13.0 Å². The molecule has 1 saturated carbocycles. The highest BCUT2D eigenvalue weighted by molar-refractivity contribution is 5.12. The minimum atomic E-state index is -4.15. The van der Waals surface area contributed by atoms with Gasteiger partial charge >= 0.3 is 6.18 Å². The second kappa shape index (κ2) is 4.58. The van der Waals surface area contributed by atoms with Crippen molar-refractivity contribution in [3.05, 3.63) is 0 Å². The van der Waals surface area contributed by atoms with Gasteiger partial charge in [0.25, 0.3) is 0 Å². The summed E-state index contributed by atoms with van der Waals surface area (Å²) in [5.74, 6) is -1.28. The largest absolute Gasteiger partial charge is 0.391 e. The molecular formula is C14H22F3NO2. The van der Waals surface area contributed by atoms with Crippen molar-refractivity contribution in [2.24, 2.45) is 17.1 Å². The Labute approximate surface area is 116 Å². The SMILES string of the molecule is NCC1(C2(O)CCC(C(F)(F)F)CC2)CC2CCC1O2. The molecular weight excluding hydrogens is 271 g/mol. The minimum absolute atomic E-state index is 0.000856. The average molecular weight is 293 g/mol. The van der Waals surface area contributed by atoms with Gasteiger partial charge in [-0.05, 0) is 44.9 Å². The fourth-order valence-electron chi connectivity index (χ4n) is 4.62. The number of rotatable bonds is 2. The van der Waals surface area contributed by atoms with Crippen molar-refractivity contribution >= 4 is 0 Å². The first-order chi connectivity index (χ1) is 9.31. The van der Waals surface area contributed by atoms with Gasteiger partial charge in [-0.1, -0.05) is 0 Å². The Morgan fingerprint density at radius 1 is 1.15 bits per heavy atom. The lowest BCUT2D eigenvalue weighted by atomic mass is 9.57. The third kappa shape index (κ3) is 1.99. The number of hydrogen-bond donors (Lipinski definition) is 2. The molecule has 0 spiro atoms. The molecule has 3 rings (SSSR count). The molecule has 116 valence electrons. The van der Waals surface area contributed by atoms with Crippen LogP contribution in [0.3, 0.4) is 0 Å². The predicted octanol–water partition coefficient (Wildman–Crippen LogP) is 2.37. The summed E-state index contributed by atoms with van der Waals surface area (Å²) in [4.78, 5) is 0. The standard InChI is InChI=1S/C14H22F3NO2/c15-14(16,17)9-3-5-13(19,6-4-9)12(8-18)7-10-1-2-11(12)20-10/h9-11,19H,1-8,18H2. The van der Waals surface area contributed by atoms with Crippen LogP contribution in [0.25, 0.3) is 0 Å². The molecule has 6 heteroatoms. The lowest BCUT2D eigenvalue weighted by Crippen LogP contribution is -2.59. The van der Waals surface area contributed by atoms with E-state index in [9.17, 15) is 18.3 Å². The van der Waals surface area contributed by atoms with Gasteiger partial charge in [-0.2, -0.15) is 13.2 Å².